The van der Waals surface area contributed by atoms with Crippen molar-refractivity contribution >= 4 is 21.6 Å². The van der Waals surface area contributed by atoms with Gasteiger partial charge in [0.15, 0.2) is 0 Å². The Bertz CT molecular complexity index is 1560. The summed E-state index contributed by atoms with van der Waals surface area (Å²) in [7, 11) is 2.12. The van der Waals surface area contributed by atoms with Gasteiger partial charge in [-0.1, -0.05) is 46.3 Å². The summed E-state index contributed by atoms with van der Waals surface area (Å²) in [6.45, 7) is 0.924. The third-order valence-corrected chi connectivity index (χ3v) is 7.86. The zero-order valence-corrected chi connectivity index (χ0v) is 27.3. The Balaban J connectivity index is 0.000000272. The van der Waals surface area contributed by atoms with Crippen LogP contribution in [0.15, 0.2) is 134 Å². The van der Waals surface area contributed by atoms with Gasteiger partial charge in [-0.3, -0.25) is 24.9 Å². The van der Waals surface area contributed by atoms with Gasteiger partial charge in [-0.05, 0) is 97.1 Å². The molecule has 5 aromatic heterocycles. The molecule has 5 aromatic rings. The molecular formula is C35H33BrN6Ru. The summed E-state index contributed by atoms with van der Waals surface area (Å²) < 4.78 is 0. The van der Waals surface area contributed by atoms with Crippen LogP contribution in [-0.4, -0.2) is 43.4 Å². The topological polar surface area (TPSA) is 67.7 Å². The molecule has 6 nitrogen and oxygen atoms in total. The van der Waals surface area contributed by atoms with Gasteiger partial charge in [-0.25, -0.2) is 0 Å². The van der Waals surface area contributed by atoms with Gasteiger partial charge >= 0.3 is 0 Å². The van der Waals surface area contributed by atoms with Crippen molar-refractivity contribution in [1.29, 1.82) is 0 Å². The molecule has 218 valence electrons. The first-order valence-electron chi connectivity index (χ1n) is 14.0. The molecule has 6 heterocycles. The van der Waals surface area contributed by atoms with Crippen LogP contribution in [0.5, 0.6) is 0 Å². The second-order valence-corrected chi connectivity index (χ2v) is 11.0. The minimum Gasteiger partial charge on any atom is -0.369 e. The second kappa shape index (κ2) is 16.7. The molecule has 43 heavy (non-hydrogen) atoms. The molecule has 0 fully saturated rings. The summed E-state index contributed by atoms with van der Waals surface area (Å²) >= 11 is 3.87. The summed E-state index contributed by atoms with van der Waals surface area (Å²) in [5.41, 5.74) is 8.50. The van der Waals surface area contributed by atoms with Crippen LogP contribution < -0.4 is 0 Å². The molecule has 1 unspecified atom stereocenters. The van der Waals surface area contributed by atoms with E-state index >= 15 is 0 Å². The Morgan fingerprint density at radius 2 is 1.19 bits per heavy atom. The van der Waals surface area contributed by atoms with Crippen LogP contribution >= 0.6 is 15.9 Å². The van der Waals surface area contributed by atoms with Gasteiger partial charge in [0.1, 0.15) is 0 Å². The molecule has 0 saturated heterocycles. The molecular weight excluding hydrogens is 685 g/mol. The van der Waals surface area contributed by atoms with Crippen molar-refractivity contribution in [2.24, 2.45) is 0 Å². The van der Waals surface area contributed by atoms with Gasteiger partial charge < -0.3 is 4.90 Å². The maximum absolute atomic E-state index is 4.51. The zero-order chi connectivity index (χ0) is 29.0. The molecule has 0 amide bonds. The van der Waals surface area contributed by atoms with Crippen molar-refractivity contribution in [2.45, 2.75) is 24.1 Å². The average Bonchev–Trinajstić information content (AvgIpc) is 3.07. The number of pyridine rings is 5. The number of likely N-dealkylation sites (N-methyl/N-ethyl adjacent to an activating group) is 1. The van der Waals surface area contributed by atoms with E-state index in [0.29, 0.717) is 4.83 Å². The fourth-order valence-electron chi connectivity index (χ4n) is 4.63. The maximum atomic E-state index is 4.51. The monoisotopic (exact) mass is 718 g/mol. The summed E-state index contributed by atoms with van der Waals surface area (Å²) in [5, 5.41) is 0. The second-order valence-electron chi connectivity index (χ2n) is 9.88. The third kappa shape index (κ3) is 9.31. The Hall–Kier alpha value is -3.87. The molecule has 0 aromatic carbocycles. The van der Waals surface area contributed by atoms with E-state index in [1.807, 2.05) is 79.1 Å². The first-order chi connectivity index (χ1) is 20.7. The van der Waals surface area contributed by atoms with Crippen molar-refractivity contribution in [3.05, 3.63) is 145 Å². The van der Waals surface area contributed by atoms with Crippen LogP contribution in [0.3, 0.4) is 0 Å². The molecule has 0 radical (unpaired) electrons. The number of aromatic nitrogens is 5. The Kier molecular flexibility index (Phi) is 12.4. The molecule has 0 bridgehead atoms. The smallest absolute Gasteiger partial charge is 0.0889 e. The maximum Gasteiger partial charge on any atom is 0.0889 e. The predicted molar refractivity (Wildman–Crippen MR) is 173 cm³/mol. The van der Waals surface area contributed by atoms with Crippen molar-refractivity contribution in [3.8, 4) is 22.8 Å². The Morgan fingerprint density at radius 3 is 1.72 bits per heavy atom. The SMILES string of the molecule is CN1CC=C(CCCC(Br)c2ccnc(-c3ccccn3)c2)C=C1c1ccccn1.[Ru].c1ccc(-c2ccccn2)nc1. The van der Waals surface area contributed by atoms with Crippen molar-refractivity contribution in [1.82, 2.24) is 29.8 Å². The number of rotatable bonds is 8. The van der Waals surface area contributed by atoms with E-state index in [0.717, 1.165) is 54.3 Å². The van der Waals surface area contributed by atoms with E-state index in [2.05, 4.69) is 83.1 Å². The third-order valence-electron chi connectivity index (χ3n) is 6.88. The van der Waals surface area contributed by atoms with Gasteiger partial charge in [0.2, 0.25) is 0 Å². The number of allylic oxidation sites excluding steroid dienone is 2. The predicted octanol–water partition coefficient (Wildman–Crippen LogP) is 8.20. The number of nitrogens with zero attached hydrogens (tertiary/aromatic N) is 6. The standard InChI is InChI=1S/C25H25BrN4.C10H8N2.Ru/c1-30-16-12-19(17-25(30)23-10-3-5-14-28-23)7-6-8-21(26)20-11-15-29-24(18-20)22-9-2-4-13-27-22;1-3-7-11-9(5-1)10-6-2-4-8-12-10;/h2-5,9-15,17-18,21H,6-8,16H2,1H3;1-8H;. The van der Waals surface area contributed by atoms with Crippen molar-refractivity contribution < 1.29 is 19.5 Å². The first-order valence-corrected chi connectivity index (χ1v) is 15.0. The minimum absolute atomic E-state index is 0. The van der Waals surface area contributed by atoms with E-state index in [9.17, 15) is 0 Å². The summed E-state index contributed by atoms with van der Waals surface area (Å²) in [6, 6.07) is 27.8. The molecule has 1 aliphatic rings. The Morgan fingerprint density at radius 1 is 0.674 bits per heavy atom. The van der Waals surface area contributed by atoms with E-state index in [-0.39, 0.29) is 19.5 Å². The van der Waals surface area contributed by atoms with Crippen LogP contribution in [0, 0.1) is 0 Å². The van der Waals surface area contributed by atoms with E-state index in [1.54, 1.807) is 18.6 Å². The Labute approximate surface area is 275 Å². The van der Waals surface area contributed by atoms with Crippen LogP contribution in [0.2, 0.25) is 0 Å². The summed E-state index contributed by atoms with van der Waals surface area (Å²) in [5.74, 6) is 0. The first kappa shape index (κ1) is 32.1. The molecule has 0 aliphatic carbocycles. The molecule has 0 N–H and O–H groups in total. The average molecular weight is 719 g/mol. The van der Waals surface area contributed by atoms with Crippen LogP contribution in [0.1, 0.15) is 35.3 Å². The van der Waals surface area contributed by atoms with Crippen LogP contribution in [0.4, 0.5) is 0 Å². The van der Waals surface area contributed by atoms with Gasteiger partial charge in [0.05, 0.1) is 34.2 Å². The van der Waals surface area contributed by atoms with Crippen molar-refractivity contribution in [2.75, 3.05) is 13.6 Å². The largest absolute Gasteiger partial charge is 0.369 e. The molecule has 1 atom stereocenters. The van der Waals surface area contributed by atoms with E-state index in [4.69, 9.17) is 0 Å². The number of hydrogen-bond donors (Lipinski definition) is 0. The zero-order valence-electron chi connectivity index (χ0n) is 23.9. The van der Waals surface area contributed by atoms with E-state index < -0.39 is 0 Å². The van der Waals surface area contributed by atoms with Crippen molar-refractivity contribution in [3.63, 3.8) is 0 Å². The molecule has 0 spiro atoms. The quantitative estimate of drug-likeness (QED) is 0.119. The van der Waals surface area contributed by atoms with Gasteiger partial charge in [-0.15, -0.1) is 0 Å². The molecule has 1 aliphatic heterocycles. The van der Waals surface area contributed by atoms with Gasteiger partial charge in [-0.2, -0.15) is 0 Å². The molecule has 6 rings (SSSR count). The fraction of sp³-hybridized carbons (Fsp3) is 0.171. The number of halogens is 1. The normalized spacial score (nSPS) is 13.0. The van der Waals surface area contributed by atoms with Crippen LogP contribution in [0.25, 0.3) is 28.5 Å². The van der Waals surface area contributed by atoms with E-state index in [1.165, 1.54) is 16.8 Å². The molecule has 8 heteroatoms. The summed E-state index contributed by atoms with van der Waals surface area (Å²) in [6.07, 6.45) is 16.9. The van der Waals surface area contributed by atoms with Gasteiger partial charge in [0, 0.05) is 68.9 Å². The number of alkyl halides is 1. The molecule has 0 saturated carbocycles. The minimum atomic E-state index is 0. The van der Waals surface area contributed by atoms with Crippen LogP contribution in [-0.2, 0) is 19.5 Å². The fourth-order valence-corrected chi connectivity index (χ4v) is 5.24. The van der Waals surface area contributed by atoms with Gasteiger partial charge in [0.25, 0.3) is 0 Å². The summed E-state index contributed by atoms with van der Waals surface area (Å²) in [4.78, 5) is 24.3. The number of hydrogen-bond acceptors (Lipinski definition) is 6.